The predicted molar refractivity (Wildman–Crippen MR) is 141 cm³/mol. The molecule has 0 spiro atoms. The molecule has 2 N–H and O–H groups in total. The number of methoxy groups -OCH3 is 2. The topological polar surface area (TPSA) is 79.9 Å². The summed E-state index contributed by atoms with van der Waals surface area (Å²) in [6.45, 7) is 1.70. The number of hydrogen-bond donors (Lipinski definition) is 2. The number of amides is 2. The fraction of sp³-hybridized carbons (Fsp3) is 0.310. The minimum absolute atomic E-state index is 0.0416. The number of ether oxygens (including phenoxy) is 2. The van der Waals surface area contributed by atoms with Crippen LogP contribution in [0.15, 0.2) is 60.7 Å². The number of carbonyl (C=O) groups excluding carboxylic acids is 2. The lowest BCUT2D eigenvalue weighted by Crippen LogP contribution is -2.45. The lowest BCUT2D eigenvalue weighted by Gasteiger charge is -2.35. The first-order valence-electron chi connectivity index (χ1n) is 12.5. The normalized spacial score (nSPS) is 13.6. The number of para-hydroxylation sites is 1. The Balaban J connectivity index is 1.32. The van der Waals surface area contributed by atoms with Gasteiger partial charge in [-0.05, 0) is 61.2 Å². The molecule has 7 nitrogen and oxygen atoms in total. The monoisotopic (exact) mass is 523 g/mol. The minimum atomic E-state index is -0.788. The molecular weight excluding hydrogens is 492 g/mol. The van der Waals surface area contributed by atoms with Crippen molar-refractivity contribution in [3.8, 4) is 11.5 Å². The molecule has 9 heteroatoms. The standard InChI is InChI=1S/C29H31F2N3O4/c1-37-26-8-7-19(15-27(26)38-2)9-12-32-29(36)24-5-3-4-6-25(24)34-13-10-23(11-14-34)33-28(35)20-16-21(30)18-22(31)17-20/h3-8,15-18,23H,9-14H2,1-2H3,(H,32,36)(H,33,35). The third-order valence-corrected chi connectivity index (χ3v) is 6.59. The van der Waals surface area contributed by atoms with Crippen LogP contribution in [0.4, 0.5) is 14.5 Å². The van der Waals surface area contributed by atoms with E-state index < -0.39 is 17.5 Å². The zero-order chi connectivity index (χ0) is 27.1. The van der Waals surface area contributed by atoms with Gasteiger partial charge in [0, 0.05) is 43.0 Å². The second-order valence-corrected chi connectivity index (χ2v) is 9.11. The highest BCUT2D eigenvalue weighted by molar-refractivity contribution is 6.00. The van der Waals surface area contributed by atoms with Crippen molar-refractivity contribution >= 4 is 17.5 Å². The fourth-order valence-electron chi connectivity index (χ4n) is 4.61. The number of rotatable bonds is 9. The zero-order valence-electron chi connectivity index (χ0n) is 21.4. The molecule has 0 saturated carbocycles. The van der Waals surface area contributed by atoms with Gasteiger partial charge in [0.15, 0.2) is 11.5 Å². The van der Waals surface area contributed by atoms with Gasteiger partial charge in [-0.1, -0.05) is 18.2 Å². The van der Waals surface area contributed by atoms with Gasteiger partial charge in [-0.25, -0.2) is 8.78 Å². The van der Waals surface area contributed by atoms with Crippen molar-refractivity contribution in [2.75, 3.05) is 38.8 Å². The Kier molecular flexibility index (Phi) is 8.78. The lowest BCUT2D eigenvalue weighted by molar-refractivity contribution is 0.0928. The SMILES string of the molecule is COc1ccc(CCNC(=O)c2ccccc2N2CCC(NC(=O)c3cc(F)cc(F)c3)CC2)cc1OC. The van der Waals surface area contributed by atoms with E-state index in [0.717, 1.165) is 29.4 Å². The summed E-state index contributed by atoms with van der Waals surface area (Å²) in [5, 5.41) is 5.86. The van der Waals surface area contributed by atoms with Crippen LogP contribution in [0.2, 0.25) is 0 Å². The Hall–Kier alpha value is -4.14. The number of piperidine rings is 1. The molecule has 1 fully saturated rings. The van der Waals surface area contributed by atoms with Crippen molar-refractivity contribution in [2.45, 2.75) is 25.3 Å². The molecule has 2 amide bonds. The Morgan fingerprint density at radius 2 is 1.58 bits per heavy atom. The summed E-state index contributed by atoms with van der Waals surface area (Å²) in [6, 6.07) is 15.8. The second kappa shape index (κ2) is 12.4. The van der Waals surface area contributed by atoms with E-state index in [1.807, 2.05) is 36.4 Å². The van der Waals surface area contributed by atoms with E-state index in [0.29, 0.717) is 56.0 Å². The molecule has 1 aliphatic heterocycles. The van der Waals surface area contributed by atoms with E-state index in [1.54, 1.807) is 20.3 Å². The smallest absolute Gasteiger partial charge is 0.253 e. The first-order chi connectivity index (χ1) is 18.4. The first kappa shape index (κ1) is 26.9. The highest BCUT2D eigenvalue weighted by Gasteiger charge is 2.24. The Labute approximate surface area is 220 Å². The lowest BCUT2D eigenvalue weighted by atomic mass is 10.0. The average Bonchev–Trinajstić information content (AvgIpc) is 2.92. The third-order valence-electron chi connectivity index (χ3n) is 6.59. The number of hydrogen-bond acceptors (Lipinski definition) is 5. The molecule has 0 unspecified atom stereocenters. The molecule has 1 heterocycles. The number of carbonyl (C=O) groups is 2. The van der Waals surface area contributed by atoms with Crippen molar-refractivity contribution < 1.29 is 27.8 Å². The van der Waals surface area contributed by atoms with Gasteiger partial charge in [-0.2, -0.15) is 0 Å². The predicted octanol–water partition coefficient (Wildman–Crippen LogP) is 4.35. The maximum absolute atomic E-state index is 13.5. The second-order valence-electron chi connectivity index (χ2n) is 9.11. The number of nitrogens with zero attached hydrogens (tertiary/aromatic N) is 1. The Morgan fingerprint density at radius 3 is 2.26 bits per heavy atom. The van der Waals surface area contributed by atoms with Gasteiger partial charge < -0.3 is 25.0 Å². The van der Waals surface area contributed by atoms with Crippen LogP contribution >= 0.6 is 0 Å². The van der Waals surface area contributed by atoms with E-state index in [1.165, 1.54) is 0 Å². The largest absolute Gasteiger partial charge is 0.493 e. The van der Waals surface area contributed by atoms with E-state index in [9.17, 15) is 18.4 Å². The van der Waals surface area contributed by atoms with Gasteiger partial charge in [-0.3, -0.25) is 9.59 Å². The first-order valence-corrected chi connectivity index (χ1v) is 12.5. The van der Waals surface area contributed by atoms with Crippen LogP contribution in [0.1, 0.15) is 39.1 Å². The molecule has 3 aromatic carbocycles. The van der Waals surface area contributed by atoms with Crippen LogP contribution in [0.25, 0.3) is 0 Å². The summed E-state index contributed by atoms with van der Waals surface area (Å²) in [6.07, 6.45) is 1.91. The van der Waals surface area contributed by atoms with Crippen LogP contribution in [0.5, 0.6) is 11.5 Å². The van der Waals surface area contributed by atoms with Gasteiger partial charge in [0.1, 0.15) is 11.6 Å². The van der Waals surface area contributed by atoms with E-state index in [4.69, 9.17) is 9.47 Å². The zero-order valence-corrected chi connectivity index (χ0v) is 21.4. The number of anilines is 1. The van der Waals surface area contributed by atoms with Crippen molar-refractivity contribution in [3.05, 3.63) is 89.0 Å². The summed E-state index contributed by atoms with van der Waals surface area (Å²) in [7, 11) is 3.17. The van der Waals surface area contributed by atoms with Crippen LogP contribution in [0, 0.1) is 11.6 Å². The molecule has 0 aliphatic carbocycles. The molecule has 0 radical (unpaired) electrons. The Morgan fingerprint density at radius 1 is 0.895 bits per heavy atom. The number of benzene rings is 3. The molecule has 200 valence electrons. The minimum Gasteiger partial charge on any atom is -0.493 e. The quantitative estimate of drug-likeness (QED) is 0.436. The highest BCUT2D eigenvalue weighted by Crippen LogP contribution is 2.28. The van der Waals surface area contributed by atoms with Crippen molar-refractivity contribution in [2.24, 2.45) is 0 Å². The van der Waals surface area contributed by atoms with Crippen molar-refractivity contribution in [3.63, 3.8) is 0 Å². The molecule has 0 atom stereocenters. The van der Waals surface area contributed by atoms with Gasteiger partial charge >= 0.3 is 0 Å². The average molecular weight is 524 g/mol. The van der Waals surface area contributed by atoms with E-state index in [-0.39, 0.29) is 17.5 Å². The molecule has 4 rings (SSSR count). The maximum atomic E-state index is 13.5. The molecule has 38 heavy (non-hydrogen) atoms. The van der Waals surface area contributed by atoms with Crippen LogP contribution in [-0.4, -0.2) is 51.7 Å². The van der Waals surface area contributed by atoms with Crippen LogP contribution in [-0.2, 0) is 6.42 Å². The Bertz CT molecular complexity index is 1270. The summed E-state index contributed by atoms with van der Waals surface area (Å²) >= 11 is 0. The summed E-state index contributed by atoms with van der Waals surface area (Å²) in [5.41, 5.74) is 2.38. The van der Waals surface area contributed by atoms with Gasteiger partial charge in [-0.15, -0.1) is 0 Å². The molecular formula is C29H31F2N3O4. The van der Waals surface area contributed by atoms with Crippen LogP contribution < -0.4 is 25.0 Å². The molecule has 1 saturated heterocycles. The third kappa shape index (κ3) is 6.59. The van der Waals surface area contributed by atoms with Crippen molar-refractivity contribution in [1.82, 2.24) is 10.6 Å². The van der Waals surface area contributed by atoms with Crippen LogP contribution in [0.3, 0.4) is 0 Å². The van der Waals surface area contributed by atoms with Crippen molar-refractivity contribution in [1.29, 1.82) is 0 Å². The molecule has 3 aromatic rings. The van der Waals surface area contributed by atoms with Gasteiger partial charge in [0.25, 0.3) is 11.8 Å². The summed E-state index contributed by atoms with van der Waals surface area (Å²) in [4.78, 5) is 27.6. The van der Waals surface area contributed by atoms with Gasteiger partial charge in [0.05, 0.1) is 19.8 Å². The number of nitrogens with one attached hydrogen (secondary N) is 2. The van der Waals surface area contributed by atoms with E-state index >= 15 is 0 Å². The summed E-state index contributed by atoms with van der Waals surface area (Å²) in [5.74, 6) is -0.947. The van der Waals surface area contributed by atoms with E-state index in [2.05, 4.69) is 15.5 Å². The molecule has 1 aliphatic rings. The molecule has 0 bridgehead atoms. The van der Waals surface area contributed by atoms with Gasteiger partial charge in [0.2, 0.25) is 0 Å². The summed E-state index contributed by atoms with van der Waals surface area (Å²) < 4.78 is 37.5. The fourth-order valence-corrected chi connectivity index (χ4v) is 4.61. The highest BCUT2D eigenvalue weighted by atomic mass is 19.1. The molecule has 0 aromatic heterocycles. The number of halogens is 2. The maximum Gasteiger partial charge on any atom is 0.253 e.